The third-order valence-electron chi connectivity index (χ3n) is 10.5. The van der Waals surface area contributed by atoms with Gasteiger partial charge in [-0.3, -0.25) is 19.8 Å². The van der Waals surface area contributed by atoms with Crippen LogP contribution in [0.25, 0.3) is 0 Å². The minimum Gasteiger partial charge on any atom is -0.467 e. The molecule has 12 nitrogen and oxygen atoms in total. The number of hydrogen-bond donors (Lipinski definition) is 1. The first-order chi connectivity index (χ1) is 21.9. The highest BCUT2D eigenvalue weighted by molar-refractivity contribution is 6.18. The van der Waals surface area contributed by atoms with Crippen molar-refractivity contribution in [3.8, 4) is 0 Å². The van der Waals surface area contributed by atoms with Crippen molar-refractivity contribution < 1.29 is 38.5 Å². The predicted molar refractivity (Wildman–Crippen MR) is 169 cm³/mol. The van der Waals surface area contributed by atoms with E-state index >= 15 is 0 Å². The Hall–Kier alpha value is -2.06. The SMILES string of the molecule is COC(=O)C(Cc1cc([N+](=O)[O-])ccc1CN(CCCl)CCCl)NC(=O)C[C@H]1O[C@@H]2OC3(C)CCC4[C@H](C)CC[C@@H]([C@H]1C)C42OO3. The number of methoxy groups -OCH3 is 1. The molecule has 0 radical (unpaired) electrons. The number of nitrogens with one attached hydrogen (secondary N) is 1. The molecule has 1 amide bonds. The van der Waals surface area contributed by atoms with Gasteiger partial charge in [0, 0.05) is 62.3 Å². The zero-order chi connectivity index (χ0) is 33.2. The molecule has 0 aromatic heterocycles. The number of benzene rings is 1. The number of carbonyl (C=O) groups excluding carboxylic acids is 2. The second-order valence-electron chi connectivity index (χ2n) is 13.4. The van der Waals surface area contributed by atoms with Gasteiger partial charge in [0.25, 0.3) is 5.69 Å². The summed E-state index contributed by atoms with van der Waals surface area (Å²) in [6, 6.07) is 3.44. The van der Waals surface area contributed by atoms with Gasteiger partial charge in [0.05, 0.1) is 24.6 Å². The molecule has 4 saturated heterocycles. The van der Waals surface area contributed by atoms with E-state index in [0.29, 0.717) is 49.3 Å². The number of non-ortho nitro benzene ring substituents is 1. The molecule has 1 N–H and O–H groups in total. The van der Waals surface area contributed by atoms with E-state index in [-0.39, 0.29) is 36.3 Å². The standard InChI is InChI=1S/C32H45Cl2N3O9/c1-19-5-8-25-20(2)27(43-30-32(25)24(19)9-10-31(3,44-30)45-46-32)17-28(38)35-26(29(39)42-4)16-22-15-23(37(40)41)7-6-21(22)18-36(13-11-33)14-12-34/h6-7,15,19-20,24-27,30H,5,8-14,16-18H2,1-4H3,(H,35,38)/t19-,20-,24?,25+,26?,27-,30-,31?,32?/m1/s1. The van der Waals surface area contributed by atoms with Gasteiger partial charge in [-0.15, -0.1) is 23.2 Å². The topological polar surface area (TPSA) is 139 Å². The van der Waals surface area contributed by atoms with Crippen molar-refractivity contribution >= 4 is 40.8 Å². The number of rotatable bonds is 13. The highest BCUT2D eigenvalue weighted by Crippen LogP contribution is 2.60. The van der Waals surface area contributed by atoms with Crippen LogP contribution in [-0.2, 0) is 46.5 Å². The summed E-state index contributed by atoms with van der Waals surface area (Å²) in [4.78, 5) is 51.9. The number of nitro groups is 1. The number of ether oxygens (including phenoxy) is 3. The van der Waals surface area contributed by atoms with Gasteiger partial charge >= 0.3 is 5.97 Å². The molecular formula is C32H45Cl2N3O9. The fraction of sp³-hybridized carbons (Fsp3) is 0.750. The molecule has 1 aromatic carbocycles. The van der Waals surface area contributed by atoms with Crippen LogP contribution in [0.2, 0.25) is 0 Å². The number of fused-ring (bicyclic) bond motifs is 2. The number of esters is 1. The maximum absolute atomic E-state index is 13.6. The summed E-state index contributed by atoms with van der Waals surface area (Å²) in [5.74, 6) is -0.603. The largest absolute Gasteiger partial charge is 0.467 e. The summed E-state index contributed by atoms with van der Waals surface area (Å²) in [7, 11) is 1.24. The normalized spacial score (nSPS) is 34.0. The van der Waals surface area contributed by atoms with Gasteiger partial charge in [-0.2, -0.15) is 0 Å². The average Bonchev–Trinajstić information content (AvgIpc) is 3.25. The Balaban J connectivity index is 1.34. The van der Waals surface area contributed by atoms with Crippen LogP contribution in [0.4, 0.5) is 5.69 Å². The van der Waals surface area contributed by atoms with Crippen LogP contribution in [0, 0.1) is 33.8 Å². The van der Waals surface area contributed by atoms with Crippen molar-refractivity contribution in [2.24, 2.45) is 23.7 Å². The van der Waals surface area contributed by atoms with Crippen LogP contribution in [0.1, 0.15) is 64.0 Å². The number of nitro benzene ring substituents is 1. The molecule has 1 aliphatic carbocycles. The lowest BCUT2D eigenvalue weighted by molar-refractivity contribution is -0.570. The summed E-state index contributed by atoms with van der Waals surface area (Å²) in [5, 5.41) is 14.5. The lowest BCUT2D eigenvalue weighted by Crippen LogP contribution is -2.70. The predicted octanol–water partition coefficient (Wildman–Crippen LogP) is 4.72. The summed E-state index contributed by atoms with van der Waals surface area (Å²) >= 11 is 12.0. The number of nitrogens with zero attached hydrogens (tertiary/aromatic N) is 2. The minimum absolute atomic E-state index is 0.00727. The molecule has 4 heterocycles. The molecule has 5 fully saturated rings. The van der Waals surface area contributed by atoms with Crippen molar-refractivity contribution in [1.82, 2.24) is 10.2 Å². The van der Waals surface area contributed by atoms with E-state index in [1.165, 1.54) is 19.2 Å². The maximum Gasteiger partial charge on any atom is 0.328 e. The van der Waals surface area contributed by atoms with Crippen LogP contribution in [0.15, 0.2) is 18.2 Å². The fourth-order valence-electron chi connectivity index (χ4n) is 8.02. The Morgan fingerprint density at radius 2 is 1.87 bits per heavy atom. The quantitative estimate of drug-likeness (QED) is 0.102. The van der Waals surface area contributed by atoms with E-state index < -0.39 is 46.6 Å². The Morgan fingerprint density at radius 1 is 1.13 bits per heavy atom. The highest BCUT2D eigenvalue weighted by Gasteiger charge is 2.69. The molecule has 1 spiro atoms. The van der Waals surface area contributed by atoms with Crippen LogP contribution in [0.5, 0.6) is 0 Å². The van der Waals surface area contributed by atoms with E-state index in [2.05, 4.69) is 19.2 Å². The van der Waals surface area contributed by atoms with E-state index in [0.717, 1.165) is 24.8 Å². The molecule has 256 valence electrons. The summed E-state index contributed by atoms with van der Waals surface area (Å²) in [6.45, 7) is 7.71. The van der Waals surface area contributed by atoms with Crippen LogP contribution in [-0.4, -0.2) is 83.5 Å². The average molecular weight is 687 g/mol. The number of carbonyl (C=O) groups is 2. The van der Waals surface area contributed by atoms with E-state index in [9.17, 15) is 19.7 Å². The molecule has 1 saturated carbocycles. The third-order valence-corrected chi connectivity index (χ3v) is 10.9. The number of halogens is 2. The van der Waals surface area contributed by atoms with Gasteiger partial charge in [0.15, 0.2) is 11.9 Å². The first-order valence-corrected chi connectivity index (χ1v) is 17.2. The molecule has 5 aliphatic rings. The zero-order valence-electron chi connectivity index (χ0n) is 26.9. The van der Waals surface area contributed by atoms with Gasteiger partial charge in [0.2, 0.25) is 11.7 Å². The van der Waals surface area contributed by atoms with E-state index in [1.807, 2.05) is 11.8 Å². The monoisotopic (exact) mass is 685 g/mol. The second-order valence-corrected chi connectivity index (χ2v) is 14.1. The Kier molecular flexibility index (Phi) is 11.2. The Bertz CT molecular complexity index is 1280. The van der Waals surface area contributed by atoms with Crippen molar-refractivity contribution in [2.45, 2.75) is 95.7 Å². The summed E-state index contributed by atoms with van der Waals surface area (Å²) in [6.07, 6.45) is 2.32. The van der Waals surface area contributed by atoms with Crippen LogP contribution < -0.4 is 5.32 Å². The van der Waals surface area contributed by atoms with Gasteiger partial charge in [0.1, 0.15) is 6.04 Å². The van der Waals surface area contributed by atoms with Gasteiger partial charge < -0.3 is 19.5 Å². The lowest BCUT2D eigenvalue weighted by atomic mass is 9.57. The molecule has 6 rings (SSSR count). The number of alkyl halides is 2. The van der Waals surface area contributed by atoms with E-state index in [1.54, 1.807) is 6.07 Å². The van der Waals surface area contributed by atoms with E-state index in [4.69, 9.17) is 47.2 Å². The lowest BCUT2D eigenvalue weighted by Gasteiger charge is -2.60. The van der Waals surface area contributed by atoms with Crippen molar-refractivity contribution in [3.05, 3.63) is 39.4 Å². The second kappa shape index (κ2) is 14.6. The zero-order valence-corrected chi connectivity index (χ0v) is 28.4. The minimum atomic E-state index is -1.08. The maximum atomic E-state index is 13.6. The molecule has 46 heavy (non-hydrogen) atoms. The third kappa shape index (κ3) is 7.04. The van der Waals surface area contributed by atoms with Crippen molar-refractivity contribution in [2.75, 3.05) is 32.0 Å². The Labute approximate surface area is 279 Å². The first-order valence-electron chi connectivity index (χ1n) is 16.1. The molecule has 4 unspecified atom stereocenters. The van der Waals surface area contributed by atoms with Gasteiger partial charge in [-0.05, 0) is 55.1 Å². The number of hydrogen-bond acceptors (Lipinski definition) is 10. The first kappa shape index (κ1) is 35.3. The van der Waals surface area contributed by atoms with Crippen molar-refractivity contribution in [1.29, 1.82) is 0 Å². The van der Waals surface area contributed by atoms with Gasteiger partial charge in [-0.25, -0.2) is 14.6 Å². The Morgan fingerprint density at radius 3 is 2.54 bits per heavy atom. The molecule has 2 bridgehead atoms. The van der Waals surface area contributed by atoms with Crippen LogP contribution in [0.3, 0.4) is 0 Å². The van der Waals surface area contributed by atoms with Crippen LogP contribution >= 0.6 is 23.2 Å². The molecule has 4 aliphatic heterocycles. The summed E-state index contributed by atoms with van der Waals surface area (Å²) in [5.41, 5.74) is 0.439. The van der Waals surface area contributed by atoms with Crippen molar-refractivity contribution in [3.63, 3.8) is 0 Å². The molecule has 9 atom stereocenters. The highest BCUT2D eigenvalue weighted by atomic mass is 35.5. The fourth-order valence-corrected chi connectivity index (χ4v) is 8.50. The summed E-state index contributed by atoms with van der Waals surface area (Å²) < 4.78 is 18.0. The molecule has 1 aromatic rings. The molecular weight excluding hydrogens is 641 g/mol. The number of amides is 1. The molecule has 14 heteroatoms. The smallest absolute Gasteiger partial charge is 0.328 e. The van der Waals surface area contributed by atoms with Gasteiger partial charge in [-0.1, -0.05) is 19.9 Å².